The smallest absolute Gasteiger partial charge is 0.397 e. The van der Waals surface area contributed by atoms with Gasteiger partial charge in [0.2, 0.25) is 0 Å². The summed E-state index contributed by atoms with van der Waals surface area (Å²) in [4.78, 5) is 14.4. The van der Waals surface area contributed by atoms with E-state index in [0.29, 0.717) is 16.6 Å². The molecule has 0 bridgehead atoms. The molecular weight excluding hydrogens is 275 g/mol. The maximum absolute atomic E-state index is 12.1. The Balaban J connectivity index is 2.10. The molecule has 0 fully saturated rings. The van der Waals surface area contributed by atoms with E-state index in [4.69, 9.17) is 10.8 Å². The number of aromatic amines is 1. The Kier molecular flexibility index (Phi) is 3.58. The summed E-state index contributed by atoms with van der Waals surface area (Å²) < 4.78 is 36.3. The molecule has 1 atom stereocenters. The highest BCUT2D eigenvalue weighted by atomic mass is 19.4. The van der Waals surface area contributed by atoms with E-state index in [1.54, 1.807) is 18.2 Å². The Bertz CT molecular complexity index is 636. The second-order valence-corrected chi connectivity index (χ2v) is 4.26. The molecule has 0 saturated carbocycles. The molecule has 0 aliphatic carbocycles. The van der Waals surface area contributed by atoms with E-state index >= 15 is 0 Å². The van der Waals surface area contributed by atoms with Gasteiger partial charge in [-0.2, -0.15) is 13.2 Å². The van der Waals surface area contributed by atoms with E-state index < -0.39 is 24.7 Å². The average Bonchev–Trinajstić information content (AvgIpc) is 2.79. The highest BCUT2D eigenvalue weighted by Crippen LogP contribution is 2.21. The maximum atomic E-state index is 12.1. The number of hydrogen-bond donors (Lipinski definition) is 4. The highest BCUT2D eigenvalue weighted by Gasteiger charge is 2.38. The SMILES string of the molecule is Nc1cccc2cc(C(=O)NCC(O)C(F)(F)F)[nH]c12. The van der Waals surface area contributed by atoms with Crippen LogP contribution in [-0.4, -0.2) is 34.8 Å². The number of fused-ring (bicyclic) bond motifs is 1. The van der Waals surface area contributed by atoms with Crippen LogP contribution in [0.2, 0.25) is 0 Å². The summed E-state index contributed by atoms with van der Waals surface area (Å²) in [6, 6.07) is 6.51. The van der Waals surface area contributed by atoms with Crippen molar-refractivity contribution in [3.63, 3.8) is 0 Å². The van der Waals surface area contributed by atoms with Gasteiger partial charge in [-0.3, -0.25) is 4.79 Å². The summed E-state index contributed by atoms with van der Waals surface area (Å²) in [5.74, 6) is -0.746. The molecule has 2 aromatic rings. The van der Waals surface area contributed by atoms with Crippen molar-refractivity contribution in [2.45, 2.75) is 12.3 Å². The molecule has 1 unspecified atom stereocenters. The number of alkyl halides is 3. The first-order valence-electron chi connectivity index (χ1n) is 5.69. The lowest BCUT2D eigenvalue weighted by molar-refractivity contribution is -0.201. The van der Waals surface area contributed by atoms with Crippen LogP contribution in [0.3, 0.4) is 0 Å². The quantitative estimate of drug-likeness (QED) is 0.643. The number of hydrogen-bond acceptors (Lipinski definition) is 3. The summed E-state index contributed by atoms with van der Waals surface area (Å²) in [6.07, 6.45) is -7.36. The molecule has 5 N–H and O–H groups in total. The van der Waals surface area contributed by atoms with E-state index in [1.165, 1.54) is 6.07 Å². The molecular formula is C12H12F3N3O2. The minimum absolute atomic E-state index is 0.0762. The molecule has 1 aromatic heterocycles. The van der Waals surface area contributed by atoms with E-state index in [9.17, 15) is 18.0 Å². The predicted octanol–water partition coefficient (Wildman–Crippen LogP) is 1.40. The van der Waals surface area contributed by atoms with Crippen LogP contribution >= 0.6 is 0 Å². The van der Waals surface area contributed by atoms with Crippen LogP contribution in [0.25, 0.3) is 10.9 Å². The second-order valence-electron chi connectivity index (χ2n) is 4.26. The molecule has 1 heterocycles. The monoisotopic (exact) mass is 287 g/mol. The van der Waals surface area contributed by atoms with Gasteiger partial charge >= 0.3 is 6.18 Å². The molecule has 2 rings (SSSR count). The van der Waals surface area contributed by atoms with Crippen molar-refractivity contribution < 1.29 is 23.1 Å². The number of nitrogens with two attached hydrogens (primary N) is 1. The largest absolute Gasteiger partial charge is 0.416 e. The Labute approximate surface area is 111 Å². The number of carbonyl (C=O) groups is 1. The topological polar surface area (TPSA) is 91.1 Å². The summed E-state index contributed by atoms with van der Waals surface area (Å²) in [5, 5.41) is 11.5. The van der Waals surface area contributed by atoms with Gasteiger partial charge in [0.15, 0.2) is 6.10 Å². The lowest BCUT2D eigenvalue weighted by atomic mass is 10.2. The Morgan fingerprint density at radius 2 is 2.15 bits per heavy atom. The van der Waals surface area contributed by atoms with E-state index in [-0.39, 0.29) is 5.69 Å². The number of H-pyrrole nitrogens is 1. The molecule has 108 valence electrons. The van der Waals surface area contributed by atoms with E-state index in [0.717, 1.165) is 0 Å². The number of rotatable bonds is 3. The van der Waals surface area contributed by atoms with Crippen LogP contribution in [-0.2, 0) is 0 Å². The first kappa shape index (κ1) is 14.2. The third-order valence-electron chi connectivity index (χ3n) is 2.77. The van der Waals surface area contributed by atoms with Gasteiger partial charge in [-0.15, -0.1) is 0 Å². The number of nitrogens with one attached hydrogen (secondary N) is 2. The van der Waals surface area contributed by atoms with Crippen LogP contribution in [0.15, 0.2) is 24.3 Å². The molecule has 1 amide bonds. The zero-order chi connectivity index (χ0) is 14.9. The van der Waals surface area contributed by atoms with Crippen molar-refractivity contribution in [3.8, 4) is 0 Å². The second kappa shape index (κ2) is 5.04. The maximum Gasteiger partial charge on any atom is 0.416 e. The van der Waals surface area contributed by atoms with Crippen LogP contribution < -0.4 is 11.1 Å². The average molecular weight is 287 g/mol. The van der Waals surface area contributed by atoms with Crippen molar-refractivity contribution in [1.82, 2.24) is 10.3 Å². The molecule has 20 heavy (non-hydrogen) atoms. The third-order valence-corrected chi connectivity index (χ3v) is 2.77. The number of nitrogen functional groups attached to an aromatic ring is 1. The van der Waals surface area contributed by atoms with Gasteiger partial charge in [0.05, 0.1) is 17.7 Å². The number of benzene rings is 1. The van der Waals surface area contributed by atoms with Gasteiger partial charge in [0.1, 0.15) is 5.69 Å². The van der Waals surface area contributed by atoms with Crippen LogP contribution in [0.5, 0.6) is 0 Å². The molecule has 0 aliphatic rings. The first-order valence-corrected chi connectivity index (χ1v) is 5.69. The van der Waals surface area contributed by atoms with Crippen LogP contribution in [0, 0.1) is 0 Å². The lowest BCUT2D eigenvalue weighted by Crippen LogP contribution is -2.40. The Morgan fingerprint density at radius 3 is 2.75 bits per heavy atom. The van der Waals surface area contributed by atoms with Gasteiger partial charge < -0.3 is 21.1 Å². The zero-order valence-electron chi connectivity index (χ0n) is 10.2. The third kappa shape index (κ3) is 2.85. The van der Waals surface area contributed by atoms with Gasteiger partial charge in [0, 0.05) is 5.39 Å². The van der Waals surface area contributed by atoms with Crippen molar-refractivity contribution in [3.05, 3.63) is 30.0 Å². The minimum atomic E-state index is -4.77. The first-order chi connectivity index (χ1) is 9.29. The minimum Gasteiger partial charge on any atom is -0.397 e. The Morgan fingerprint density at radius 1 is 1.45 bits per heavy atom. The van der Waals surface area contributed by atoms with Crippen molar-refractivity contribution in [2.75, 3.05) is 12.3 Å². The van der Waals surface area contributed by atoms with Crippen LogP contribution in [0.1, 0.15) is 10.5 Å². The molecule has 1 aromatic carbocycles. The number of aliphatic hydroxyl groups excluding tert-OH is 1. The number of para-hydroxylation sites is 1. The van der Waals surface area contributed by atoms with Gasteiger partial charge in [-0.05, 0) is 12.1 Å². The van der Waals surface area contributed by atoms with Gasteiger partial charge in [-0.25, -0.2) is 0 Å². The molecule has 0 radical (unpaired) electrons. The fourth-order valence-corrected chi connectivity index (χ4v) is 1.70. The molecule has 0 spiro atoms. The Hall–Kier alpha value is -2.22. The molecule has 0 saturated heterocycles. The number of carbonyl (C=O) groups excluding carboxylic acids is 1. The van der Waals surface area contributed by atoms with Crippen molar-refractivity contribution in [2.24, 2.45) is 0 Å². The van der Waals surface area contributed by atoms with Crippen LogP contribution in [0.4, 0.5) is 18.9 Å². The van der Waals surface area contributed by atoms with Gasteiger partial charge in [-0.1, -0.05) is 12.1 Å². The summed E-state index contributed by atoms with van der Waals surface area (Å²) >= 11 is 0. The van der Waals surface area contributed by atoms with E-state index in [1.807, 2.05) is 5.32 Å². The zero-order valence-corrected chi connectivity index (χ0v) is 10.2. The molecule has 8 heteroatoms. The standard InChI is InChI=1S/C12H12F3N3O2/c13-12(14,15)9(19)5-17-11(20)8-4-6-2-1-3-7(16)10(6)18-8/h1-4,9,18-19H,5,16H2,(H,17,20). The number of amides is 1. The predicted molar refractivity (Wildman–Crippen MR) is 67.1 cm³/mol. The van der Waals surface area contributed by atoms with Crippen molar-refractivity contribution >= 4 is 22.5 Å². The normalized spacial score (nSPS) is 13.4. The fourth-order valence-electron chi connectivity index (χ4n) is 1.70. The summed E-state index contributed by atoms with van der Waals surface area (Å²) in [5.41, 5.74) is 6.74. The number of aliphatic hydroxyl groups is 1. The summed E-state index contributed by atoms with van der Waals surface area (Å²) in [7, 11) is 0. The van der Waals surface area contributed by atoms with E-state index in [2.05, 4.69) is 4.98 Å². The number of aromatic nitrogens is 1. The highest BCUT2D eigenvalue weighted by molar-refractivity contribution is 6.00. The number of halogens is 3. The fraction of sp³-hybridized carbons (Fsp3) is 0.250. The van der Waals surface area contributed by atoms with Gasteiger partial charge in [0.25, 0.3) is 5.91 Å². The molecule has 5 nitrogen and oxygen atoms in total. The number of anilines is 1. The van der Waals surface area contributed by atoms with Crippen molar-refractivity contribution in [1.29, 1.82) is 0 Å². The summed E-state index contributed by atoms with van der Waals surface area (Å²) in [6.45, 7) is -0.910. The molecule has 0 aliphatic heterocycles. The lowest BCUT2D eigenvalue weighted by Gasteiger charge is -2.14.